The second-order valence-corrected chi connectivity index (χ2v) is 3.68. The zero-order chi connectivity index (χ0) is 13.1. The number of hydrogen-bond acceptors (Lipinski definition) is 4. The number of amides is 1. The Balaban J connectivity index is 2.05. The minimum atomic E-state index is -1.02. The van der Waals surface area contributed by atoms with Gasteiger partial charge in [0.25, 0.3) is 5.91 Å². The van der Waals surface area contributed by atoms with Crippen molar-refractivity contribution in [2.45, 2.75) is 6.54 Å². The number of aliphatic carboxylic acids is 1. The van der Waals surface area contributed by atoms with Crippen molar-refractivity contribution >= 4 is 17.6 Å². The lowest BCUT2D eigenvalue weighted by Gasteiger charge is -1.98. The molecular formula is C10H11N5O3. The molecule has 0 saturated carbocycles. The standard InChI is InChI=1S/C10H11N5O3/c1-14-5-8(3-11-14)13-10(18)7-2-12-15(4-7)6-9(16)17/h2-5H,6H2,1H3,(H,13,18)(H,16,17). The molecule has 0 aromatic carbocycles. The van der Waals surface area contributed by atoms with Crippen molar-refractivity contribution in [3.8, 4) is 0 Å². The number of anilines is 1. The Morgan fingerprint density at radius 3 is 2.72 bits per heavy atom. The van der Waals surface area contributed by atoms with E-state index in [1.807, 2.05) is 0 Å². The molecule has 2 heterocycles. The van der Waals surface area contributed by atoms with Gasteiger partial charge in [0.05, 0.1) is 23.6 Å². The van der Waals surface area contributed by atoms with Gasteiger partial charge in [0.2, 0.25) is 0 Å². The van der Waals surface area contributed by atoms with Gasteiger partial charge >= 0.3 is 5.97 Å². The van der Waals surface area contributed by atoms with Gasteiger partial charge in [0.15, 0.2) is 0 Å². The van der Waals surface area contributed by atoms with Gasteiger partial charge in [0.1, 0.15) is 6.54 Å². The summed E-state index contributed by atoms with van der Waals surface area (Å²) in [5.74, 6) is -1.38. The van der Waals surface area contributed by atoms with Gasteiger partial charge in [-0.25, -0.2) is 0 Å². The lowest BCUT2D eigenvalue weighted by Crippen LogP contribution is -2.11. The van der Waals surface area contributed by atoms with Crippen LogP contribution in [0, 0.1) is 0 Å². The summed E-state index contributed by atoms with van der Waals surface area (Å²) in [5.41, 5.74) is 0.855. The van der Waals surface area contributed by atoms with Crippen molar-refractivity contribution in [2.75, 3.05) is 5.32 Å². The molecule has 2 aromatic rings. The van der Waals surface area contributed by atoms with E-state index in [9.17, 15) is 9.59 Å². The summed E-state index contributed by atoms with van der Waals surface area (Å²) in [5, 5.41) is 18.9. The van der Waals surface area contributed by atoms with Gasteiger partial charge in [-0.2, -0.15) is 10.2 Å². The molecule has 2 rings (SSSR count). The molecule has 0 spiro atoms. The van der Waals surface area contributed by atoms with Gasteiger partial charge in [-0.3, -0.25) is 19.0 Å². The van der Waals surface area contributed by atoms with Crippen LogP contribution in [0.25, 0.3) is 0 Å². The number of nitrogens with zero attached hydrogens (tertiary/aromatic N) is 4. The first-order chi connectivity index (χ1) is 8.54. The SMILES string of the molecule is Cn1cc(NC(=O)c2cnn(CC(=O)O)c2)cn1. The van der Waals surface area contributed by atoms with Crippen LogP contribution in [-0.2, 0) is 18.4 Å². The number of carbonyl (C=O) groups is 2. The third kappa shape index (κ3) is 2.73. The molecule has 0 bridgehead atoms. The van der Waals surface area contributed by atoms with Crippen LogP contribution in [0.1, 0.15) is 10.4 Å². The molecule has 0 radical (unpaired) electrons. The minimum Gasteiger partial charge on any atom is -0.480 e. The number of carboxylic acid groups (broad SMARTS) is 1. The molecule has 1 amide bonds. The van der Waals surface area contributed by atoms with E-state index in [-0.39, 0.29) is 12.5 Å². The number of carbonyl (C=O) groups excluding carboxylic acids is 1. The maximum Gasteiger partial charge on any atom is 0.325 e. The summed E-state index contributed by atoms with van der Waals surface area (Å²) in [4.78, 5) is 22.2. The van der Waals surface area contributed by atoms with Crippen molar-refractivity contribution in [3.05, 3.63) is 30.4 Å². The van der Waals surface area contributed by atoms with Crippen molar-refractivity contribution in [2.24, 2.45) is 7.05 Å². The van der Waals surface area contributed by atoms with Crippen LogP contribution in [0.2, 0.25) is 0 Å². The molecule has 2 aromatic heterocycles. The van der Waals surface area contributed by atoms with E-state index in [4.69, 9.17) is 5.11 Å². The van der Waals surface area contributed by atoms with Crippen molar-refractivity contribution in [1.82, 2.24) is 19.6 Å². The summed E-state index contributed by atoms with van der Waals surface area (Å²) >= 11 is 0. The van der Waals surface area contributed by atoms with Gasteiger partial charge in [0, 0.05) is 19.4 Å². The quantitative estimate of drug-likeness (QED) is 0.791. The maximum atomic E-state index is 11.8. The van der Waals surface area contributed by atoms with Crippen molar-refractivity contribution in [1.29, 1.82) is 0 Å². The summed E-state index contributed by atoms with van der Waals surface area (Å²) in [6, 6.07) is 0. The highest BCUT2D eigenvalue weighted by molar-refractivity contribution is 6.03. The first-order valence-electron chi connectivity index (χ1n) is 5.09. The number of aryl methyl sites for hydroxylation is 1. The van der Waals surface area contributed by atoms with E-state index in [2.05, 4.69) is 15.5 Å². The summed E-state index contributed by atoms with van der Waals surface area (Å²) < 4.78 is 2.74. The number of carboxylic acids is 1. The zero-order valence-electron chi connectivity index (χ0n) is 9.57. The molecule has 0 fully saturated rings. The zero-order valence-corrected chi connectivity index (χ0v) is 9.57. The number of nitrogens with one attached hydrogen (secondary N) is 1. The number of aromatic nitrogens is 4. The molecule has 0 saturated heterocycles. The highest BCUT2D eigenvalue weighted by Gasteiger charge is 2.10. The Labute approximate surface area is 102 Å². The Morgan fingerprint density at radius 1 is 1.33 bits per heavy atom. The van der Waals surface area contributed by atoms with Crippen LogP contribution < -0.4 is 5.32 Å². The molecule has 0 atom stereocenters. The molecule has 94 valence electrons. The predicted molar refractivity (Wildman–Crippen MR) is 61.0 cm³/mol. The monoisotopic (exact) mass is 249 g/mol. The second-order valence-electron chi connectivity index (χ2n) is 3.68. The van der Waals surface area contributed by atoms with Crippen molar-refractivity contribution in [3.63, 3.8) is 0 Å². The van der Waals surface area contributed by atoms with Crippen LogP contribution in [-0.4, -0.2) is 36.5 Å². The smallest absolute Gasteiger partial charge is 0.325 e. The Bertz CT molecular complexity index is 586. The van der Waals surface area contributed by atoms with Crippen LogP contribution in [0.5, 0.6) is 0 Å². The average molecular weight is 249 g/mol. The van der Waals surface area contributed by atoms with E-state index in [0.717, 1.165) is 0 Å². The maximum absolute atomic E-state index is 11.8. The highest BCUT2D eigenvalue weighted by Crippen LogP contribution is 2.07. The molecular weight excluding hydrogens is 238 g/mol. The molecule has 2 N–H and O–H groups in total. The predicted octanol–water partition coefficient (Wildman–Crippen LogP) is -0.0465. The Hall–Kier alpha value is -2.64. The number of hydrogen-bond donors (Lipinski definition) is 2. The fourth-order valence-electron chi connectivity index (χ4n) is 1.39. The largest absolute Gasteiger partial charge is 0.480 e. The van der Waals surface area contributed by atoms with Crippen LogP contribution in [0.15, 0.2) is 24.8 Å². The molecule has 8 nitrogen and oxygen atoms in total. The lowest BCUT2D eigenvalue weighted by atomic mass is 10.3. The molecule has 0 aliphatic rings. The third-order valence-corrected chi connectivity index (χ3v) is 2.16. The molecule has 18 heavy (non-hydrogen) atoms. The first kappa shape index (κ1) is 11.8. The van der Waals surface area contributed by atoms with Gasteiger partial charge in [-0.15, -0.1) is 0 Å². The Kier molecular flexibility index (Phi) is 3.09. The topological polar surface area (TPSA) is 102 Å². The van der Waals surface area contributed by atoms with E-state index < -0.39 is 5.97 Å². The first-order valence-corrected chi connectivity index (χ1v) is 5.09. The van der Waals surface area contributed by atoms with Crippen molar-refractivity contribution < 1.29 is 14.7 Å². The van der Waals surface area contributed by atoms with E-state index in [1.54, 1.807) is 17.9 Å². The Morgan fingerprint density at radius 2 is 2.11 bits per heavy atom. The van der Waals surface area contributed by atoms with Crippen LogP contribution in [0.4, 0.5) is 5.69 Å². The lowest BCUT2D eigenvalue weighted by molar-refractivity contribution is -0.137. The average Bonchev–Trinajstić information content (AvgIpc) is 2.87. The molecule has 0 aliphatic heterocycles. The number of rotatable bonds is 4. The molecule has 0 aliphatic carbocycles. The summed E-state index contributed by atoms with van der Waals surface area (Å²) in [6.07, 6.45) is 5.85. The van der Waals surface area contributed by atoms with Gasteiger partial charge in [-0.1, -0.05) is 0 Å². The normalized spacial score (nSPS) is 10.3. The second kappa shape index (κ2) is 4.70. The van der Waals surface area contributed by atoms with Gasteiger partial charge < -0.3 is 10.4 Å². The van der Waals surface area contributed by atoms with E-state index >= 15 is 0 Å². The third-order valence-electron chi connectivity index (χ3n) is 2.16. The van der Waals surface area contributed by atoms with Gasteiger partial charge in [-0.05, 0) is 0 Å². The minimum absolute atomic E-state index is 0.278. The molecule has 0 unspecified atom stereocenters. The van der Waals surface area contributed by atoms with E-state index in [1.165, 1.54) is 23.3 Å². The van der Waals surface area contributed by atoms with Crippen LogP contribution >= 0.6 is 0 Å². The molecule has 8 heteroatoms. The fraction of sp³-hybridized carbons (Fsp3) is 0.200. The summed E-state index contributed by atoms with van der Waals surface area (Å²) in [6.45, 7) is -0.278. The fourth-order valence-corrected chi connectivity index (χ4v) is 1.39. The summed E-state index contributed by atoms with van der Waals surface area (Å²) in [7, 11) is 1.74. The van der Waals surface area contributed by atoms with E-state index in [0.29, 0.717) is 11.3 Å². The van der Waals surface area contributed by atoms with Crippen LogP contribution in [0.3, 0.4) is 0 Å². The highest BCUT2D eigenvalue weighted by atomic mass is 16.4.